The molecule has 1 atom stereocenters. The molecule has 0 saturated heterocycles. The van der Waals surface area contributed by atoms with Crippen LogP contribution in [0.1, 0.15) is 5.56 Å². The van der Waals surface area contributed by atoms with Crippen LogP contribution in [0.3, 0.4) is 0 Å². The molecule has 1 aromatic carbocycles. The van der Waals surface area contributed by atoms with Gasteiger partial charge in [-0.3, -0.25) is 9.44 Å². The second-order valence-electron chi connectivity index (χ2n) is 4.07. The molecule has 2 rings (SSSR count). The fourth-order valence-corrected chi connectivity index (χ4v) is 1.91. The zero-order valence-electron chi connectivity index (χ0n) is 10.1. The molecule has 0 bridgehead atoms. The maximum absolute atomic E-state index is 11.4. The molecule has 0 spiro atoms. The summed E-state index contributed by atoms with van der Waals surface area (Å²) in [6.45, 7) is 0. The number of rotatable bonds is 5. The fraction of sp³-hybridized carbons (Fsp3) is 0.182. The van der Waals surface area contributed by atoms with Gasteiger partial charge in [-0.2, -0.15) is 8.42 Å². The van der Waals surface area contributed by atoms with Crippen LogP contribution in [0.25, 0.3) is 10.9 Å². The standard InChI is InChI=1S/C11H12N2O6S/c12-9(11(14)18-19-20(15,16)17)5-7-6-13-10-4-2-1-3-8(7)10/h1-4,6,9,13H,5,12H2,(H,15,16,17). The van der Waals surface area contributed by atoms with Crippen molar-refractivity contribution in [3.8, 4) is 0 Å². The van der Waals surface area contributed by atoms with E-state index in [2.05, 4.69) is 14.2 Å². The number of H-pyrrole nitrogens is 1. The van der Waals surface area contributed by atoms with Gasteiger partial charge in [0, 0.05) is 23.5 Å². The number of fused-ring (bicyclic) bond motifs is 1. The number of nitrogens with one attached hydrogen (secondary N) is 1. The van der Waals surface area contributed by atoms with Crippen LogP contribution in [0.4, 0.5) is 0 Å². The molecule has 20 heavy (non-hydrogen) atoms. The van der Waals surface area contributed by atoms with Crippen LogP contribution in [-0.2, 0) is 30.8 Å². The molecule has 0 radical (unpaired) electrons. The van der Waals surface area contributed by atoms with Crippen molar-refractivity contribution in [2.75, 3.05) is 0 Å². The maximum Gasteiger partial charge on any atom is 0.432 e. The van der Waals surface area contributed by atoms with Crippen molar-refractivity contribution in [2.45, 2.75) is 12.5 Å². The minimum atomic E-state index is -4.85. The molecule has 1 unspecified atom stereocenters. The molecule has 9 heteroatoms. The zero-order valence-corrected chi connectivity index (χ0v) is 11.0. The van der Waals surface area contributed by atoms with Gasteiger partial charge in [-0.05, 0) is 16.0 Å². The molecule has 0 aliphatic rings. The Kier molecular flexibility index (Phi) is 4.04. The Balaban J connectivity index is 2.04. The number of para-hydroxylation sites is 1. The zero-order chi connectivity index (χ0) is 14.8. The number of hydrogen-bond acceptors (Lipinski definition) is 6. The van der Waals surface area contributed by atoms with Gasteiger partial charge in [-0.1, -0.05) is 18.2 Å². The highest BCUT2D eigenvalue weighted by molar-refractivity contribution is 7.80. The number of benzene rings is 1. The lowest BCUT2D eigenvalue weighted by atomic mass is 10.1. The van der Waals surface area contributed by atoms with Crippen LogP contribution in [0, 0.1) is 0 Å². The Morgan fingerprint density at radius 2 is 2.10 bits per heavy atom. The first-order valence-corrected chi connectivity index (χ1v) is 6.91. The van der Waals surface area contributed by atoms with Gasteiger partial charge in [0.1, 0.15) is 6.04 Å². The summed E-state index contributed by atoms with van der Waals surface area (Å²) in [6, 6.07) is 6.29. The second-order valence-corrected chi connectivity index (χ2v) is 5.06. The van der Waals surface area contributed by atoms with Crippen LogP contribution >= 0.6 is 0 Å². The van der Waals surface area contributed by atoms with Crippen molar-refractivity contribution >= 4 is 27.3 Å². The number of aromatic nitrogens is 1. The minimum absolute atomic E-state index is 0.123. The fourth-order valence-electron chi connectivity index (χ4n) is 1.76. The Bertz CT molecular complexity index is 723. The molecule has 0 saturated carbocycles. The smallest absolute Gasteiger partial charge is 0.361 e. The third kappa shape index (κ3) is 3.54. The van der Waals surface area contributed by atoms with E-state index in [1.165, 1.54) is 0 Å². The van der Waals surface area contributed by atoms with Crippen LogP contribution in [0.2, 0.25) is 0 Å². The van der Waals surface area contributed by atoms with Gasteiger partial charge < -0.3 is 10.7 Å². The third-order valence-electron chi connectivity index (χ3n) is 2.62. The highest BCUT2D eigenvalue weighted by Crippen LogP contribution is 2.18. The average molecular weight is 300 g/mol. The van der Waals surface area contributed by atoms with Gasteiger partial charge >= 0.3 is 16.4 Å². The first kappa shape index (κ1) is 14.5. The van der Waals surface area contributed by atoms with Gasteiger partial charge in [0.25, 0.3) is 0 Å². The summed E-state index contributed by atoms with van der Waals surface area (Å²) in [6.07, 6.45) is 1.82. The Morgan fingerprint density at radius 3 is 2.80 bits per heavy atom. The first-order valence-electron chi connectivity index (χ1n) is 5.55. The summed E-state index contributed by atoms with van der Waals surface area (Å²) >= 11 is 0. The largest absolute Gasteiger partial charge is 0.432 e. The molecule has 8 nitrogen and oxygen atoms in total. The third-order valence-corrected chi connectivity index (χ3v) is 2.86. The number of hydrogen-bond donors (Lipinski definition) is 3. The SMILES string of the molecule is NC(Cc1c[nH]c2ccccc12)C(=O)OOS(=O)(=O)O. The lowest BCUT2D eigenvalue weighted by molar-refractivity contribution is -0.216. The first-order chi connectivity index (χ1) is 9.37. The Hall–Kier alpha value is -1.94. The molecule has 0 aliphatic carbocycles. The van der Waals surface area contributed by atoms with Gasteiger partial charge in [-0.25, -0.2) is 4.79 Å². The van der Waals surface area contributed by atoms with Crippen LogP contribution in [0.15, 0.2) is 30.5 Å². The molecular formula is C11H12N2O6S. The van der Waals surface area contributed by atoms with Crippen molar-refractivity contribution in [3.63, 3.8) is 0 Å². The average Bonchev–Trinajstić information content (AvgIpc) is 2.78. The van der Waals surface area contributed by atoms with Crippen molar-refractivity contribution in [3.05, 3.63) is 36.0 Å². The van der Waals surface area contributed by atoms with Crippen molar-refractivity contribution in [2.24, 2.45) is 5.73 Å². The van der Waals surface area contributed by atoms with Gasteiger partial charge in [0.15, 0.2) is 0 Å². The van der Waals surface area contributed by atoms with Crippen LogP contribution in [0.5, 0.6) is 0 Å². The van der Waals surface area contributed by atoms with Gasteiger partial charge in [0.2, 0.25) is 0 Å². The van der Waals surface area contributed by atoms with E-state index >= 15 is 0 Å². The van der Waals surface area contributed by atoms with Crippen molar-refractivity contribution in [1.82, 2.24) is 4.98 Å². The quantitative estimate of drug-likeness (QED) is 0.411. The molecule has 0 amide bonds. The number of nitrogens with two attached hydrogens (primary N) is 1. The lowest BCUT2D eigenvalue weighted by Gasteiger charge is -2.08. The molecule has 4 N–H and O–H groups in total. The maximum atomic E-state index is 11.4. The monoisotopic (exact) mass is 300 g/mol. The second kappa shape index (κ2) is 5.59. The highest BCUT2D eigenvalue weighted by atomic mass is 32.3. The molecular weight excluding hydrogens is 288 g/mol. The Labute approximate surface area is 114 Å². The number of carbonyl (C=O) groups is 1. The van der Waals surface area contributed by atoms with E-state index in [4.69, 9.17) is 10.3 Å². The van der Waals surface area contributed by atoms with Gasteiger partial charge in [0.05, 0.1) is 0 Å². The molecule has 0 aliphatic heterocycles. The van der Waals surface area contributed by atoms with Gasteiger partial charge in [-0.15, -0.1) is 0 Å². The summed E-state index contributed by atoms with van der Waals surface area (Å²) in [5.74, 6) is -1.10. The van der Waals surface area contributed by atoms with E-state index in [0.717, 1.165) is 16.5 Å². The van der Waals surface area contributed by atoms with E-state index in [0.29, 0.717) is 0 Å². The van der Waals surface area contributed by atoms with E-state index in [9.17, 15) is 13.2 Å². The lowest BCUT2D eigenvalue weighted by Crippen LogP contribution is -2.34. The highest BCUT2D eigenvalue weighted by Gasteiger charge is 2.21. The van der Waals surface area contributed by atoms with Crippen LogP contribution in [-0.4, -0.2) is 30.0 Å². The molecule has 108 valence electrons. The van der Waals surface area contributed by atoms with Crippen LogP contribution < -0.4 is 5.73 Å². The summed E-state index contributed by atoms with van der Waals surface area (Å²) in [7, 11) is -4.85. The predicted molar refractivity (Wildman–Crippen MR) is 68.7 cm³/mol. The number of aromatic amines is 1. The van der Waals surface area contributed by atoms with E-state index in [-0.39, 0.29) is 6.42 Å². The molecule has 1 heterocycles. The Morgan fingerprint density at radius 1 is 1.40 bits per heavy atom. The topological polar surface area (TPSA) is 132 Å². The van der Waals surface area contributed by atoms with Crippen molar-refractivity contribution < 1.29 is 27.0 Å². The normalized spacial score (nSPS) is 13.3. The van der Waals surface area contributed by atoms with E-state index in [1.807, 2.05) is 24.3 Å². The molecule has 0 fully saturated rings. The minimum Gasteiger partial charge on any atom is -0.361 e. The number of carbonyl (C=O) groups excluding carboxylic acids is 1. The van der Waals surface area contributed by atoms with Crippen molar-refractivity contribution in [1.29, 1.82) is 0 Å². The summed E-state index contributed by atoms with van der Waals surface area (Å²) in [5, 5.41) is 0.895. The summed E-state index contributed by atoms with van der Waals surface area (Å²) < 4.78 is 32.3. The molecule has 1 aromatic heterocycles. The predicted octanol–water partition coefficient (Wildman–Crippen LogP) is 0.315. The summed E-state index contributed by atoms with van der Waals surface area (Å²) in [4.78, 5) is 18.3. The van der Waals surface area contributed by atoms with E-state index < -0.39 is 22.4 Å². The van der Waals surface area contributed by atoms with E-state index in [1.54, 1.807) is 6.20 Å². The summed E-state index contributed by atoms with van der Waals surface area (Å²) in [5.41, 5.74) is 7.25. The molecule has 2 aromatic rings.